The summed E-state index contributed by atoms with van der Waals surface area (Å²) in [5, 5.41) is 0. The molecule has 1 aromatic rings. The predicted octanol–water partition coefficient (Wildman–Crippen LogP) is 0.715. The van der Waals surface area contributed by atoms with Crippen molar-refractivity contribution in [2.45, 2.75) is 19.6 Å². The Morgan fingerprint density at radius 3 is 1.47 bits per heavy atom. The van der Waals surface area contributed by atoms with Crippen molar-refractivity contribution >= 4 is 45.9 Å². The first-order valence-electron chi connectivity index (χ1n) is 3.54. The Labute approximate surface area is 123 Å². The molecule has 0 amide bonds. The van der Waals surface area contributed by atoms with Gasteiger partial charge < -0.3 is 13.7 Å². The summed E-state index contributed by atoms with van der Waals surface area (Å²) < 4.78 is 59.1. The summed E-state index contributed by atoms with van der Waals surface area (Å²) in [5.74, 6) is 0. The van der Waals surface area contributed by atoms with E-state index in [1.165, 1.54) is 0 Å². The Kier molecular flexibility index (Phi) is 7.42. The molecule has 0 aliphatic carbocycles. The Hall–Kier alpha value is 0.523. The average molecular weight is 368 g/mol. The van der Waals surface area contributed by atoms with Crippen molar-refractivity contribution in [1.29, 1.82) is 0 Å². The first kappa shape index (κ1) is 17.5. The van der Waals surface area contributed by atoms with E-state index in [4.69, 9.17) is 13.7 Å². The van der Waals surface area contributed by atoms with Gasteiger partial charge in [-0.3, -0.25) is 0 Å². The number of thiol groups is 1. The fourth-order valence-electron chi connectivity index (χ4n) is 0.925. The van der Waals surface area contributed by atoms with Crippen LogP contribution in [-0.2, 0) is 52.7 Å². The molecular formula is C6H6O6S4Zn+2. The summed E-state index contributed by atoms with van der Waals surface area (Å²) >= 11 is -3.52. The second-order valence-corrected chi connectivity index (χ2v) is 5.81. The SMILES string of the molecule is O=S(O)c1cc(S(=O)O)c(S)c(S(=O)O)c1.[Zn+2]. The topological polar surface area (TPSA) is 112 Å². The molecule has 0 aliphatic heterocycles. The van der Waals surface area contributed by atoms with Gasteiger partial charge in [-0.15, -0.1) is 12.6 Å². The van der Waals surface area contributed by atoms with E-state index in [9.17, 15) is 12.6 Å². The van der Waals surface area contributed by atoms with E-state index < -0.39 is 33.2 Å². The normalized spacial score (nSPS) is 15.8. The van der Waals surface area contributed by atoms with Crippen molar-refractivity contribution in [3.63, 3.8) is 0 Å². The van der Waals surface area contributed by atoms with Gasteiger partial charge in [-0.2, -0.15) is 0 Å². The molecular weight excluding hydrogens is 362 g/mol. The predicted molar refractivity (Wildman–Crippen MR) is 60.8 cm³/mol. The van der Waals surface area contributed by atoms with Crippen molar-refractivity contribution in [3.8, 4) is 0 Å². The Morgan fingerprint density at radius 1 is 0.882 bits per heavy atom. The van der Waals surface area contributed by atoms with Crippen molar-refractivity contribution in [2.24, 2.45) is 0 Å². The van der Waals surface area contributed by atoms with Gasteiger partial charge in [0.2, 0.25) is 0 Å². The molecule has 11 heteroatoms. The van der Waals surface area contributed by atoms with Crippen LogP contribution in [0.15, 0.2) is 31.7 Å². The van der Waals surface area contributed by atoms with E-state index in [2.05, 4.69) is 12.6 Å². The van der Waals surface area contributed by atoms with Gasteiger partial charge in [0.15, 0.2) is 33.2 Å². The molecule has 3 unspecified atom stereocenters. The van der Waals surface area contributed by atoms with E-state index in [1.54, 1.807) is 0 Å². The number of hydrogen-bond donors (Lipinski definition) is 4. The number of hydrogen-bond acceptors (Lipinski definition) is 4. The summed E-state index contributed by atoms with van der Waals surface area (Å²) in [7, 11) is 0. The molecule has 17 heavy (non-hydrogen) atoms. The quantitative estimate of drug-likeness (QED) is 0.356. The molecule has 1 rings (SSSR count). The van der Waals surface area contributed by atoms with Crippen LogP contribution in [0, 0.1) is 0 Å². The monoisotopic (exact) mass is 366 g/mol. The van der Waals surface area contributed by atoms with E-state index in [-0.39, 0.29) is 39.1 Å². The standard InChI is InChI=1S/C6H6O6S4.Zn/c7-14(8)3-1-4(15(9)10)6(13)5(2-3)16(11)12;/h1-2,13H,(H,7,8)(H,9,10)(H,11,12);/q;+2. The second-order valence-electron chi connectivity index (χ2n) is 2.52. The summed E-state index contributed by atoms with van der Waals surface area (Å²) in [5.41, 5.74) is 0. The Balaban J connectivity index is 0.00000256. The fourth-order valence-corrected chi connectivity index (χ4v) is 3.18. The van der Waals surface area contributed by atoms with Gasteiger partial charge in [-0.05, 0) is 12.1 Å². The van der Waals surface area contributed by atoms with Crippen LogP contribution >= 0.6 is 12.6 Å². The molecule has 0 saturated carbocycles. The van der Waals surface area contributed by atoms with Crippen molar-refractivity contribution < 1.29 is 45.8 Å². The molecule has 90 valence electrons. The third-order valence-corrected chi connectivity index (χ3v) is 4.41. The van der Waals surface area contributed by atoms with Crippen LogP contribution in [0.4, 0.5) is 0 Å². The number of benzene rings is 1. The minimum atomic E-state index is -2.46. The molecule has 0 spiro atoms. The fraction of sp³-hybridized carbons (Fsp3) is 0. The zero-order chi connectivity index (χ0) is 12.5. The molecule has 3 atom stereocenters. The van der Waals surface area contributed by atoms with Gasteiger partial charge in [0.25, 0.3) is 0 Å². The molecule has 0 heterocycles. The minimum Gasteiger partial charge on any atom is -0.302 e. The summed E-state index contributed by atoms with van der Waals surface area (Å²) in [6.07, 6.45) is 0. The van der Waals surface area contributed by atoms with Crippen molar-refractivity contribution in [3.05, 3.63) is 12.1 Å². The van der Waals surface area contributed by atoms with Gasteiger partial charge in [0, 0.05) is 4.90 Å². The molecule has 0 aliphatic rings. The minimum absolute atomic E-state index is 0. The van der Waals surface area contributed by atoms with Crippen molar-refractivity contribution in [1.82, 2.24) is 0 Å². The first-order chi connectivity index (χ1) is 7.34. The molecule has 1 aromatic carbocycles. The van der Waals surface area contributed by atoms with E-state index >= 15 is 0 Å². The van der Waals surface area contributed by atoms with Crippen LogP contribution < -0.4 is 0 Å². The smallest absolute Gasteiger partial charge is 0.302 e. The average Bonchev–Trinajstić information content (AvgIpc) is 2.16. The first-order valence-corrected chi connectivity index (χ1v) is 7.31. The maximum atomic E-state index is 10.9. The van der Waals surface area contributed by atoms with Crippen LogP contribution in [-0.4, -0.2) is 26.3 Å². The third kappa shape index (κ3) is 4.28. The van der Waals surface area contributed by atoms with Gasteiger partial charge in [-0.25, -0.2) is 12.6 Å². The zero-order valence-corrected chi connectivity index (χ0v) is 14.4. The van der Waals surface area contributed by atoms with Crippen molar-refractivity contribution in [2.75, 3.05) is 0 Å². The Bertz CT molecular complexity index is 468. The molecule has 6 nitrogen and oxygen atoms in total. The molecule has 0 saturated heterocycles. The largest absolute Gasteiger partial charge is 2.00 e. The Morgan fingerprint density at radius 2 is 1.24 bits per heavy atom. The van der Waals surface area contributed by atoms with Gasteiger partial charge in [0.05, 0.1) is 14.7 Å². The summed E-state index contributed by atoms with van der Waals surface area (Å²) in [6.45, 7) is 0. The van der Waals surface area contributed by atoms with E-state index in [1.807, 2.05) is 0 Å². The van der Waals surface area contributed by atoms with Gasteiger partial charge in [-0.1, -0.05) is 0 Å². The zero-order valence-electron chi connectivity index (χ0n) is 8.10. The molecule has 0 aromatic heterocycles. The molecule has 3 N–H and O–H groups in total. The van der Waals surface area contributed by atoms with Crippen LogP contribution in [0.2, 0.25) is 0 Å². The van der Waals surface area contributed by atoms with Crippen LogP contribution in [0.3, 0.4) is 0 Å². The number of rotatable bonds is 3. The molecule has 0 bridgehead atoms. The molecule has 0 radical (unpaired) electrons. The maximum Gasteiger partial charge on any atom is 2.00 e. The summed E-state index contributed by atoms with van der Waals surface area (Å²) in [6, 6.07) is 1.95. The molecule has 0 fully saturated rings. The third-order valence-electron chi connectivity index (χ3n) is 1.59. The van der Waals surface area contributed by atoms with Crippen LogP contribution in [0.5, 0.6) is 0 Å². The van der Waals surface area contributed by atoms with Crippen LogP contribution in [0.1, 0.15) is 0 Å². The maximum absolute atomic E-state index is 10.9. The second kappa shape index (κ2) is 7.20. The summed E-state index contributed by atoms with van der Waals surface area (Å²) in [4.78, 5) is -0.982. The van der Waals surface area contributed by atoms with E-state index in [0.29, 0.717) is 0 Å². The van der Waals surface area contributed by atoms with Gasteiger partial charge in [0.1, 0.15) is 0 Å². The van der Waals surface area contributed by atoms with Gasteiger partial charge >= 0.3 is 19.5 Å². The van der Waals surface area contributed by atoms with E-state index in [0.717, 1.165) is 12.1 Å². The van der Waals surface area contributed by atoms with Crippen LogP contribution in [0.25, 0.3) is 0 Å².